The Morgan fingerprint density at radius 3 is 2.53 bits per heavy atom. The summed E-state index contributed by atoms with van der Waals surface area (Å²) < 4.78 is 16.6. The maximum absolute atomic E-state index is 11.7. The van der Waals surface area contributed by atoms with Gasteiger partial charge < -0.3 is 14.2 Å². The van der Waals surface area contributed by atoms with Gasteiger partial charge in [-0.3, -0.25) is 9.59 Å². The van der Waals surface area contributed by atoms with Crippen molar-refractivity contribution in [2.45, 2.75) is 71.5 Å². The fraction of sp³-hybridized carbons (Fsp3) is 0.520. The molecule has 4 rings (SSSR count). The van der Waals surface area contributed by atoms with Gasteiger partial charge in [0.1, 0.15) is 18.5 Å². The second-order valence-electron chi connectivity index (χ2n) is 8.84. The van der Waals surface area contributed by atoms with Crippen molar-refractivity contribution < 1.29 is 23.8 Å². The number of carbonyl (C=O) groups is 2. The van der Waals surface area contributed by atoms with E-state index in [9.17, 15) is 9.59 Å². The molecule has 0 N–H and O–H groups in total. The Morgan fingerprint density at radius 1 is 1.07 bits per heavy atom. The predicted molar refractivity (Wildman–Crippen MR) is 115 cm³/mol. The topological polar surface area (TPSA) is 61.8 Å². The quantitative estimate of drug-likeness (QED) is 0.659. The standard InChI is InChI=1S/C25H30O5/c1-15(26)29-14-21-18-8-9-20-19(17(18)10-11-23(21)28-4)12-13-25(3)22(20)6-5-7-24(25)30-16(2)27/h8-11,22,24H,5-7,12-14H2,1-4H3/t22-,24-,25-/m0/s1. The van der Waals surface area contributed by atoms with E-state index in [2.05, 4.69) is 25.1 Å². The summed E-state index contributed by atoms with van der Waals surface area (Å²) in [6, 6.07) is 8.46. The lowest BCUT2D eigenvalue weighted by atomic mass is 9.57. The van der Waals surface area contributed by atoms with Gasteiger partial charge in [-0.2, -0.15) is 0 Å². The van der Waals surface area contributed by atoms with Gasteiger partial charge >= 0.3 is 11.9 Å². The summed E-state index contributed by atoms with van der Waals surface area (Å²) in [5.41, 5.74) is 3.61. The molecule has 5 nitrogen and oxygen atoms in total. The summed E-state index contributed by atoms with van der Waals surface area (Å²) in [5.74, 6) is 0.620. The molecule has 2 aliphatic carbocycles. The summed E-state index contributed by atoms with van der Waals surface area (Å²) >= 11 is 0. The van der Waals surface area contributed by atoms with E-state index in [0.717, 1.165) is 48.8 Å². The van der Waals surface area contributed by atoms with Gasteiger partial charge in [-0.15, -0.1) is 0 Å². The lowest BCUT2D eigenvalue weighted by Crippen LogP contribution is -2.46. The number of fused-ring (bicyclic) bond motifs is 5. The molecule has 0 radical (unpaired) electrons. The summed E-state index contributed by atoms with van der Waals surface area (Å²) in [4.78, 5) is 23.1. The van der Waals surface area contributed by atoms with E-state index >= 15 is 0 Å². The van der Waals surface area contributed by atoms with Crippen molar-refractivity contribution in [3.63, 3.8) is 0 Å². The summed E-state index contributed by atoms with van der Waals surface area (Å²) in [7, 11) is 1.64. The second-order valence-corrected chi connectivity index (χ2v) is 8.84. The summed E-state index contributed by atoms with van der Waals surface area (Å²) in [6.07, 6.45) is 5.04. The van der Waals surface area contributed by atoms with Crippen molar-refractivity contribution in [3.05, 3.63) is 41.0 Å². The molecule has 1 saturated carbocycles. The third-order valence-corrected chi connectivity index (χ3v) is 7.14. The second kappa shape index (κ2) is 7.93. The Balaban J connectivity index is 1.79. The molecule has 160 valence electrons. The van der Waals surface area contributed by atoms with Crippen LogP contribution in [0.1, 0.15) is 69.1 Å². The average Bonchev–Trinajstić information content (AvgIpc) is 2.71. The van der Waals surface area contributed by atoms with Gasteiger partial charge in [-0.25, -0.2) is 0 Å². The van der Waals surface area contributed by atoms with E-state index in [1.807, 2.05) is 6.07 Å². The van der Waals surface area contributed by atoms with Crippen LogP contribution in [0.4, 0.5) is 0 Å². The highest BCUT2D eigenvalue weighted by atomic mass is 16.5. The molecule has 1 fully saturated rings. The van der Waals surface area contributed by atoms with Crippen LogP contribution in [0.2, 0.25) is 0 Å². The molecule has 0 saturated heterocycles. The van der Waals surface area contributed by atoms with Gasteiger partial charge in [0.2, 0.25) is 0 Å². The minimum Gasteiger partial charge on any atom is -0.496 e. The van der Waals surface area contributed by atoms with E-state index in [-0.39, 0.29) is 30.1 Å². The molecule has 2 aliphatic rings. The highest BCUT2D eigenvalue weighted by Gasteiger charge is 2.49. The molecule has 0 spiro atoms. The van der Waals surface area contributed by atoms with E-state index in [4.69, 9.17) is 14.2 Å². The highest BCUT2D eigenvalue weighted by Crippen LogP contribution is 2.55. The molecule has 30 heavy (non-hydrogen) atoms. The minimum absolute atomic E-state index is 0.0204. The van der Waals surface area contributed by atoms with Crippen LogP contribution >= 0.6 is 0 Å². The van der Waals surface area contributed by atoms with Crippen LogP contribution in [0, 0.1) is 5.41 Å². The molecule has 0 heterocycles. The normalized spacial score (nSPS) is 25.2. The van der Waals surface area contributed by atoms with E-state index in [1.54, 1.807) is 7.11 Å². The number of aryl methyl sites for hydroxylation is 1. The molecule has 3 atom stereocenters. The van der Waals surface area contributed by atoms with Crippen molar-refractivity contribution in [1.82, 2.24) is 0 Å². The fourth-order valence-electron chi connectivity index (χ4n) is 5.67. The number of carbonyl (C=O) groups excluding carboxylic acids is 2. The summed E-state index contributed by atoms with van der Waals surface area (Å²) in [6.45, 7) is 5.42. The zero-order valence-corrected chi connectivity index (χ0v) is 18.2. The number of hydrogen-bond acceptors (Lipinski definition) is 5. The minimum atomic E-state index is -0.304. The monoisotopic (exact) mass is 410 g/mol. The van der Waals surface area contributed by atoms with Gasteiger partial charge in [0, 0.05) is 24.8 Å². The van der Waals surface area contributed by atoms with Crippen LogP contribution in [0.3, 0.4) is 0 Å². The molecular weight excluding hydrogens is 380 g/mol. The first-order valence-corrected chi connectivity index (χ1v) is 10.8. The summed E-state index contributed by atoms with van der Waals surface area (Å²) in [5, 5.41) is 2.28. The maximum atomic E-state index is 11.7. The average molecular weight is 411 g/mol. The molecule has 5 heteroatoms. The zero-order chi connectivity index (χ0) is 21.5. The number of benzene rings is 2. The predicted octanol–water partition coefficient (Wildman–Crippen LogP) is 5.06. The third-order valence-electron chi connectivity index (χ3n) is 7.14. The van der Waals surface area contributed by atoms with Crippen LogP contribution in [0.15, 0.2) is 24.3 Å². The number of methoxy groups -OCH3 is 1. The fourth-order valence-corrected chi connectivity index (χ4v) is 5.67. The van der Waals surface area contributed by atoms with E-state index < -0.39 is 0 Å². The first kappa shape index (κ1) is 20.7. The van der Waals surface area contributed by atoms with Crippen molar-refractivity contribution in [1.29, 1.82) is 0 Å². The molecule has 0 amide bonds. The smallest absolute Gasteiger partial charge is 0.302 e. The van der Waals surface area contributed by atoms with Gasteiger partial charge in [0.25, 0.3) is 0 Å². The molecule has 0 bridgehead atoms. The first-order valence-electron chi connectivity index (χ1n) is 10.8. The van der Waals surface area contributed by atoms with Crippen molar-refractivity contribution in [2.24, 2.45) is 5.41 Å². The van der Waals surface area contributed by atoms with Crippen molar-refractivity contribution >= 4 is 22.7 Å². The third kappa shape index (κ3) is 3.44. The molecule has 0 aromatic heterocycles. The van der Waals surface area contributed by atoms with Gasteiger partial charge in [-0.1, -0.05) is 25.1 Å². The Hall–Kier alpha value is -2.56. The van der Waals surface area contributed by atoms with Crippen LogP contribution < -0.4 is 4.74 Å². The molecule has 0 aliphatic heterocycles. The Morgan fingerprint density at radius 2 is 1.83 bits per heavy atom. The largest absolute Gasteiger partial charge is 0.496 e. The number of hydrogen-bond donors (Lipinski definition) is 0. The van der Waals surface area contributed by atoms with Crippen LogP contribution in [0.25, 0.3) is 10.8 Å². The van der Waals surface area contributed by atoms with Gasteiger partial charge in [0.15, 0.2) is 0 Å². The Bertz CT molecular complexity index is 995. The maximum Gasteiger partial charge on any atom is 0.302 e. The number of esters is 2. The highest BCUT2D eigenvalue weighted by molar-refractivity contribution is 5.92. The zero-order valence-electron chi connectivity index (χ0n) is 18.2. The van der Waals surface area contributed by atoms with Gasteiger partial charge in [0.05, 0.1) is 7.11 Å². The number of rotatable bonds is 4. The Kier molecular flexibility index (Phi) is 5.48. The van der Waals surface area contributed by atoms with Crippen LogP contribution in [0.5, 0.6) is 5.75 Å². The van der Waals surface area contributed by atoms with Crippen LogP contribution in [-0.4, -0.2) is 25.2 Å². The van der Waals surface area contributed by atoms with Gasteiger partial charge in [-0.05, 0) is 66.0 Å². The Labute approximate surface area is 177 Å². The van der Waals surface area contributed by atoms with Crippen LogP contribution in [-0.2, 0) is 32.1 Å². The molecule has 2 aromatic rings. The lowest BCUT2D eigenvalue weighted by molar-refractivity contribution is -0.158. The SMILES string of the molecule is COc1ccc2c3c(ccc2c1COC(C)=O)[C@@H]1CCC[C@H](OC(C)=O)[C@@]1(C)CC3. The molecule has 2 aromatic carbocycles. The lowest BCUT2D eigenvalue weighted by Gasteiger charge is -2.50. The van der Waals surface area contributed by atoms with Crippen molar-refractivity contribution in [2.75, 3.05) is 7.11 Å². The number of ether oxygens (including phenoxy) is 3. The van der Waals surface area contributed by atoms with Crippen molar-refractivity contribution in [3.8, 4) is 5.75 Å². The first-order chi connectivity index (χ1) is 14.3. The van der Waals surface area contributed by atoms with E-state index in [0.29, 0.717) is 5.92 Å². The molecule has 0 unspecified atom stereocenters. The molecular formula is C25H30O5. The van der Waals surface area contributed by atoms with E-state index in [1.165, 1.54) is 30.4 Å².